The normalized spacial score (nSPS) is 10.5. The van der Waals surface area contributed by atoms with Gasteiger partial charge in [0.2, 0.25) is 0 Å². The topological polar surface area (TPSA) is 90.8 Å². The number of phenolic OH excluding ortho intramolecular Hbond substituents is 1. The molecule has 0 aliphatic rings. The Morgan fingerprint density at radius 3 is 2.52 bits per heavy atom. The fraction of sp³-hybridized carbons (Fsp3) is 0. The smallest absolute Gasteiger partial charge is 0.329 e. The Balaban J connectivity index is 1.97. The van der Waals surface area contributed by atoms with Crippen LogP contribution in [0.15, 0.2) is 47.6 Å². The van der Waals surface area contributed by atoms with Crippen LogP contribution in [-0.2, 0) is 9.59 Å². The Kier molecular flexibility index (Phi) is 5.56. The first-order chi connectivity index (χ1) is 11.0. The van der Waals surface area contributed by atoms with E-state index in [1.807, 2.05) is 5.43 Å². The van der Waals surface area contributed by atoms with Crippen molar-refractivity contribution in [2.24, 2.45) is 5.10 Å². The van der Waals surface area contributed by atoms with Crippen molar-refractivity contribution >= 4 is 46.9 Å². The Labute approximate surface area is 141 Å². The van der Waals surface area contributed by atoms with E-state index < -0.39 is 11.8 Å². The van der Waals surface area contributed by atoms with Gasteiger partial charge in [0.25, 0.3) is 0 Å². The average molecular weight is 352 g/mol. The zero-order valence-electron chi connectivity index (χ0n) is 11.6. The summed E-state index contributed by atoms with van der Waals surface area (Å²) in [5, 5.41) is 15.8. The third-order valence-corrected chi connectivity index (χ3v) is 3.53. The van der Waals surface area contributed by atoms with Gasteiger partial charge in [-0.3, -0.25) is 9.59 Å². The second-order valence-corrected chi connectivity index (χ2v) is 5.10. The molecule has 118 valence electrons. The van der Waals surface area contributed by atoms with E-state index in [9.17, 15) is 14.7 Å². The molecule has 0 saturated heterocycles. The van der Waals surface area contributed by atoms with Crippen molar-refractivity contribution in [1.29, 1.82) is 0 Å². The summed E-state index contributed by atoms with van der Waals surface area (Å²) < 4.78 is 0. The van der Waals surface area contributed by atoms with Crippen LogP contribution in [0.3, 0.4) is 0 Å². The summed E-state index contributed by atoms with van der Waals surface area (Å²) >= 11 is 11.7. The van der Waals surface area contributed by atoms with Crippen molar-refractivity contribution in [1.82, 2.24) is 5.43 Å². The number of hydrogen-bond donors (Lipinski definition) is 3. The average Bonchev–Trinajstić information content (AvgIpc) is 2.53. The summed E-state index contributed by atoms with van der Waals surface area (Å²) in [5.41, 5.74) is 2.65. The molecule has 0 aliphatic heterocycles. The molecule has 0 radical (unpaired) electrons. The molecule has 2 aromatic carbocycles. The van der Waals surface area contributed by atoms with Crippen molar-refractivity contribution in [3.8, 4) is 5.75 Å². The summed E-state index contributed by atoms with van der Waals surface area (Å²) in [7, 11) is 0. The predicted octanol–water partition coefficient (Wildman–Crippen LogP) is 2.79. The molecule has 0 aromatic heterocycles. The first-order valence-corrected chi connectivity index (χ1v) is 7.11. The van der Waals surface area contributed by atoms with Gasteiger partial charge in [-0.25, -0.2) is 5.43 Å². The van der Waals surface area contributed by atoms with E-state index in [4.69, 9.17) is 23.2 Å². The molecule has 0 aliphatic carbocycles. The molecule has 0 saturated carbocycles. The summed E-state index contributed by atoms with van der Waals surface area (Å²) in [6, 6.07) is 11.0. The van der Waals surface area contributed by atoms with Crippen LogP contribution < -0.4 is 10.7 Å². The number of nitrogens with zero attached hydrogens (tertiary/aromatic N) is 1. The van der Waals surface area contributed by atoms with Gasteiger partial charge in [0.15, 0.2) is 0 Å². The fourth-order valence-electron chi connectivity index (χ4n) is 1.59. The van der Waals surface area contributed by atoms with Crippen molar-refractivity contribution in [2.45, 2.75) is 0 Å². The number of anilines is 1. The van der Waals surface area contributed by atoms with Gasteiger partial charge >= 0.3 is 11.8 Å². The number of rotatable bonds is 3. The van der Waals surface area contributed by atoms with Crippen molar-refractivity contribution < 1.29 is 14.7 Å². The van der Waals surface area contributed by atoms with Crippen LogP contribution in [0.5, 0.6) is 5.75 Å². The van der Waals surface area contributed by atoms with E-state index in [0.29, 0.717) is 5.56 Å². The van der Waals surface area contributed by atoms with E-state index in [1.54, 1.807) is 30.3 Å². The highest BCUT2D eigenvalue weighted by molar-refractivity contribution is 6.45. The van der Waals surface area contributed by atoms with Gasteiger partial charge < -0.3 is 10.4 Å². The Morgan fingerprint density at radius 1 is 1.04 bits per heavy atom. The van der Waals surface area contributed by atoms with Gasteiger partial charge in [-0.15, -0.1) is 0 Å². The Bertz CT molecular complexity index is 778. The minimum Gasteiger partial charge on any atom is -0.507 e. The summed E-state index contributed by atoms with van der Waals surface area (Å²) in [5.74, 6) is -1.95. The number of nitrogens with one attached hydrogen (secondary N) is 2. The number of hydrazone groups is 1. The first-order valence-electron chi connectivity index (χ1n) is 6.35. The van der Waals surface area contributed by atoms with Crippen LogP contribution in [0.2, 0.25) is 10.0 Å². The highest BCUT2D eigenvalue weighted by Crippen LogP contribution is 2.29. The molecular formula is C15H11Cl2N3O3. The molecule has 2 amide bonds. The molecule has 2 aromatic rings. The lowest BCUT2D eigenvalue weighted by Gasteiger charge is -2.06. The molecule has 2 rings (SSSR count). The predicted molar refractivity (Wildman–Crippen MR) is 88.9 cm³/mol. The molecule has 0 bridgehead atoms. The fourth-order valence-corrected chi connectivity index (χ4v) is 1.94. The van der Waals surface area contributed by atoms with Gasteiger partial charge in [0.05, 0.1) is 21.9 Å². The number of hydrogen-bond acceptors (Lipinski definition) is 4. The van der Waals surface area contributed by atoms with Gasteiger partial charge in [0.1, 0.15) is 5.75 Å². The molecule has 0 unspecified atom stereocenters. The molecule has 23 heavy (non-hydrogen) atoms. The van der Waals surface area contributed by atoms with Crippen LogP contribution in [0, 0.1) is 0 Å². The van der Waals surface area contributed by atoms with Gasteiger partial charge in [-0.2, -0.15) is 5.10 Å². The van der Waals surface area contributed by atoms with E-state index in [0.717, 1.165) is 0 Å². The number of carbonyl (C=O) groups is 2. The standard InChI is InChI=1S/C15H11Cl2N3O3/c16-10-5-3-6-11(13(10)17)19-14(22)15(23)20-18-8-9-4-1-2-7-12(9)21/h1-8,21H,(H,19,22)(H,20,23). The number of phenols is 1. The van der Waals surface area contributed by atoms with Crippen molar-refractivity contribution in [2.75, 3.05) is 5.32 Å². The van der Waals surface area contributed by atoms with E-state index in [1.165, 1.54) is 18.3 Å². The number of para-hydroxylation sites is 1. The monoisotopic (exact) mass is 351 g/mol. The largest absolute Gasteiger partial charge is 0.507 e. The van der Waals surface area contributed by atoms with Crippen LogP contribution in [0.1, 0.15) is 5.56 Å². The molecule has 0 fully saturated rings. The summed E-state index contributed by atoms with van der Waals surface area (Å²) in [6.45, 7) is 0. The van der Waals surface area contributed by atoms with E-state index in [-0.39, 0.29) is 21.5 Å². The quantitative estimate of drug-likeness (QED) is 0.451. The maximum Gasteiger partial charge on any atom is 0.329 e. The molecule has 8 heteroatoms. The van der Waals surface area contributed by atoms with Crippen LogP contribution >= 0.6 is 23.2 Å². The molecule has 0 heterocycles. The minimum atomic E-state index is -0.993. The number of aromatic hydroxyl groups is 1. The number of carbonyl (C=O) groups excluding carboxylic acids is 2. The third kappa shape index (κ3) is 4.45. The van der Waals surface area contributed by atoms with E-state index >= 15 is 0 Å². The maximum atomic E-state index is 11.7. The number of benzene rings is 2. The second kappa shape index (κ2) is 7.62. The van der Waals surface area contributed by atoms with Crippen LogP contribution in [-0.4, -0.2) is 23.1 Å². The Morgan fingerprint density at radius 2 is 1.78 bits per heavy atom. The van der Waals surface area contributed by atoms with Crippen molar-refractivity contribution in [3.63, 3.8) is 0 Å². The van der Waals surface area contributed by atoms with Crippen LogP contribution in [0.25, 0.3) is 0 Å². The maximum absolute atomic E-state index is 11.7. The summed E-state index contributed by atoms with van der Waals surface area (Å²) in [6.07, 6.45) is 1.22. The Hall–Kier alpha value is -2.57. The lowest BCUT2D eigenvalue weighted by atomic mass is 10.2. The van der Waals surface area contributed by atoms with E-state index in [2.05, 4.69) is 10.4 Å². The highest BCUT2D eigenvalue weighted by Gasteiger charge is 2.15. The lowest BCUT2D eigenvalue weighted by molar-refractivity contribution is -0.136. The first kappa shape index (κ1) is 16.8. The molecule has 3 N–H and O–H groups in total. The third-order valence-electron chi connectivity index (χ3n) is 2.71. The molecular weight excluding hydrogens is 341 g/mol. The SMILES string of the molecule is O=C(NN=Cc1ccccc1O)C(=O)Nc1cccc(Cl)c1Cl. The number of halogens is 2. The van der Waals surface area contributed by atoms with Gasteiger partial charge in [0, 0.05) is 5.56 Å². The molecule has 0 atom stereocenters. The second-order valence-electron chi connectivity index (χ2n) is 4.31. The molecule has 0 spiro atoms. The van der Waals surface area contributed by atoms with Crippen molar-refractivity contribution in [3.05, 3.63) is 58.1 Å². The zero-order valence-corrected chi connectivity index (χ0v) is 13.1. The number of amides is 2. The minimum absolute atomic E-state index is 0.000611. The zero-order chi connectivity index (χ0) is 16.8. The van der Waals surface area contributed by atoms with Gasteiger partial charge in [-0.05, 0) is 24.3 Å². The van der Waals surface area contributed by atoms with Gasteiger partial charge in [-0.1, -0.05) is 41.4 Å². The highest BCUT2D eigenvalue weighted by atomic mass is 35.5. The lowest BCUT2D eigenvalue weighted by Crippen LogP contribution is -2.32. The summed E-state index contributed by atoms with van der Waals surface area (Å²) in [4.78, 5) is 23.4. The van der Waals surface area contributed by atoms with Crippen LogP contribution in [0.4, 0.5) is 5.69 Å². The molecule has 6 nitrogen and oxygen atoms in total.